The maximum atomic E-state index is 14.0. The molecular formula is C40H48Cl2N4O4. The number of para-hydroxylation sites is 1. The Balaban J connectivity index is 1.31. The fourth-order valence-electron chi connectivity index (χ4n) is 6.89. The number of ether oxygens (including phenoxy) is 1. The van der Waals surface area contributed by atoms with Crippen molar-refractivity contribution in [2.24, 2.45) is 5.92 Å². The summed E-state index contributed by atoms with van der Waals surface area (Å²) < 4.78 is 5.86. The highest BCUT2D eigenvalue weighted by atomic mass is 35.5. The van der Waals surface area contributed by atoms with Crippen LogP contribution in [0.15, 0.2) is 78.4 Å². The molecule has 0 aromatic heterocycles. The van der Waals surface area contributed by atoms with Crippen LogP contribution in [0.3, 0.4) is 0 Å². The molecule has 0 spiro atoms. The van der Waals surface area contributed by atoms with Crippen LogP contribution in [-0.4, -0.2) is 67.0 Å². The van der Waals surface area contributed by atoms with Gasteiger partial charge in [0, 0.05) is 43.2 Å². The quantitative estimate of drug-likeness (QED) is 0.153. The van der Waals surface area contributed by atoms with Gasteiger partial charge in [-0.3, -0.25) is 14.4 Å². The van der Waals surface area contributed by atoms with Crippen molar-refractivity contribution in [1.82, 2.24) is 20.9 Å². The van der Waals surface area contributed by atoms with Gasteiger partial charge in [-0.1, -0.05) is 91.6 Å². The van der Waals surface area contributed by atoms with Crippen molar-refractivity contribution in [2.75, 3.05) is 26.2 Å². The molecule has 3 N–H and O–H groups in total. The lowest BCUT2D eigenvalue weighted by Gasteiger charge is -2.45. The molecule has 0 radical (unpaired) electrons. The molecule has 0 aliphatic carbocycles. The molecule has 50 heavy (non-hydrogen) atoms. The lowest BCUT2D eigenvalue weighted by atomic mass is 9.82. The molecule has 266 valence electrons. The summed E-state index contributed by atoms with van der Waals surface area (Å²) in [6.07, 6.45) is 4.33. The number of fused-ring (bicyclic) bond motifs is 2. The minimum atomic E-state index is -0.598. The Morgan fingerprint density at radius 3 is 2.34 bits per heavy atom. The molecule has 2 aliphatic heterocycles. The van der Waals surface area contributed by atoms with Crippen molar-refractivity contribution < 1.29 is 19.1 Å². The first kappa shape index (κ1) is 37.4. The van der Waals surface area contributed by atoms with Gasteiger partial charge in [0.2, 0.25) is 17.7 Å². The molecule has 3 aromatic rings. The largest absolute Gasteiger partial charge is 0.492 e. The number of rotatable bonds is 15. The Labute approximate surface area is 305 Å². The summed E-state index contributed by atoms with van der Waals surface area (Å²) in [6, 6.07) is 22.7. The van der Waals surface area contributed by atoms with E-state index in [0.717, 1.165) is 47.4 Å². The Bertz CT molecular complexity index is 1680. The average Bonchev–Trinajstić information content (AvgIpc) is 3.09. The van der Waals surface area contributed by atoms with Crippen LogP contribution in [0.2, 0.25) is 10.0 Å². The minimum Gasteiger partial charge on any atom is -0.492 e. The standard InChI is InChI=1S/C40H48Cl2N4O4/c1-26(2)22-35(44-27(3)47)40(49)46-24-31-23-32(29-18-16-28(17-19-29)10-9-21-50-37-15-7-6-14-34(37)42)38(36(25-46)45-31)39(48)43-20-8-12-30-11-4-5-13-33(30)41/h4-7,11,13-19,26,31,35-36,45H,8-10,12,20-25H2,1-3H3,(H,43,48)(H,44,47)/t31-,35+,36-/m0/s1. The normalized spacial score (nSPS) is 17.8. The van der Waals surface area contributed by atoms with E-state index in [9.17, 15) is 14.4 Å². The lowest BCUT2D eigenvalue weighted by Crippen LogP contribution is -2.64. The van der Waals surface area contributed by atoms with Gasteiger partial charge < -0.3 is 25.6 Å². The van der Waals surface area contributed by atoms with E-state index in [-0.39, 0.29) is 35.7 Å². The summed E-state index contributed by atoms with van der Waals surface area (Å²) >= 11 is 12.6. The lowest BCUT2D eigenvalue weighted by molar-refractivity contribution is -0.138. The van der Waals surface area contributed by atoms with Crippen LogP contribution < -0.4 is 20.7 Å². The number of halogens is 2. The number of amides is 3. The summed E-state index contributed by atoms with van der Waals surface area (Å²) in [5.74, 6) is 0.458. The van der Waals surface area contributed by atoms with Gasteiger partial charge in [-0.15, -0.1) is 0 Å². The third kappa shape index (κ3) is 10.1. The Morgan fingerprint density at radius 2 is 1.64 bits per heavy atom. The number of benzene rings is 3. The van der Waals surface area contributed by atoms with Gasteiger partial charge in [-0.2, -0.15) is 0 Å². The summed E-state index contributed by atoms with van der Waals surface area (Å²) in [5.41, 5.74) is 4.91. The molecule has 1 saturated heterocycles. The number of carbonyl (C=O) groups is 3. The highest BCUT2D eigenvalue weighted by Crippen LogP contribution is 2.34. The first-order chi connectivity index (χ1) is 24.1. The zero-order valence-corrected chi connectivity index (χ0v) is 30.7. The Hall–Kier alpha value is -3.85. The van der Waals surface area contributed by atoms with Crippen molar-refractivity contribution in [3.8, 4) is 5.75 Å². The topological polar surface area (TPSA) is 99.8 Å². The van der Waals surface area contributed by atoms with Gasteiger partial charge in [0.25, 0.3) is 0 Å². The first-order valence-electron chi connectivity index (χ1n) is 17.6. The minimum absolute atomic E-state index is 0.0249. The molecule has 0 unspecified atom stereocenters. The molecule has 2 heterocycles. The second-order valence-corrected chi connectivity index (χ2v) is 14.5. The number of hydrogen-bond acceptors (Lipinski definition) is 5. The van der Waals surface area contributed by atoms with Crippen LogP contribution in [0, 0.1) is 5.92 Å². The summed E-state index contributed by atoms with van der Waals surface area (Å²) in [5, 5.41) is 11.0. The van der Waals surface area contributed by atoms with Crippen LogP contribution in [0.4, 0.5) is 0 Å². The third-order valence-corrected chi connectivity index (χ3v) is 9.90. The van der Waals surface area contributed by atoms with Crippen molar-refractivity contribution in [3.63, 3.8) is 0 Å². The fourth-order valence-corrected chi connectivity index (χ4v) is 7.31. The summed E-state index contributed by atoms with van der Waals surface area (Å²) in [6.45, 7) is 7.42. The average molecular weight is 720 g/mol. The smallest absolute Gasteiger partial charge is 0.249 e. The van der Waals surface area contributed by atoms with Gasteiger partial charge in [0.1, 0.15) is 11.8 Å². The predicted molar refractivity (Wildman–Crippen MR) is 200 cm³/mol. The zero-order chi connectivity index (χ0) is 35.6. The summed E-state index contributed by atoms with van der Waals surface area (Å²) in [7, 11) is 0. The van der Waals surface area contributed by atoms with Crippen LogP contribution in [-0.2, 0) is 27.2 Å². The number of nitrogens with zero attached hydrogens (tertiary/aromatic N) is 1. The maximum absolute atomic E-state index is 14.0. The Kier molecular flexibility index (Phi) is 13.4. The van der Waals surface area contributed by atoms with E-state index in [4.69, 9.17) is 27.9 Å². The van der Waals surface area contributed by atoms with Gasteiger partial charge in [-0.05, 0) is 84.9 Å². The molecule has 1 fully saturated rings. The van der Waals surface area contributed by atoms with Gasteiger partial charge >= 0.3 is 0 Å². The third-order valence-electron chi connectivity index (χ3n) is 9.22. The van der Waals surface area contributed by atoms with E-state index in [1.54, 1.807) is 0 Å². The number of hydrogen-bond donors (Lipinski definition) is 3. The predicted octanol–water partition coefficient (Wildman–Crippen LogP) is 6.63. The number of aryl methyl sites for hydroxylation is 2. The fraction of sp³-hybridized carbons (Fsp3) is 0.425. The molecule has 2 aliphatic rings. The van der Waals surface area contributed by atoms with Gasteiger partial charge in [-0.25, -0.2) is 0 Å². The highest BCUT2D eigenvalue weighted by Gasteiger charge is 2.41. The van der Waals surface area contributed by atoms with Crippen LogP contribution in [0.5, 0.6) is 5.75 Å². The molecule has 2 bridgehead atoms. The first-order valence-corrected chi connectivity index (χ1v) is 18.4. The van der Waals surface area contributed by atoms with Crippen LogP contribution >= 0.6 is 23.2 Å². The second-order valence-electron chi connectivity index (χ2n) is 13.7. The monoisotopic (exact) mass is 718 g/mol. The zero-order valence-electron chi connectivity index (χ0n) is 29.1. The molecule has 0 saturated carbocycles. The van der Waals surface area contributed by atoms with Gasteiger partial charge in [0.15, 0.2) is 0 Å². The molecular weight excluding hydrogens is 671 g/mol. The summed E-state index contributed by atoms with van der Waals surface area (Å²) in [4.78, 5) is 41.6. The van der Waals surface area contributed by atoms with Crippen molar-refractivity contribution in [3.05, 3.63) is 105 Å². The van der Waals surface area contributed by atoms with Crippen molar-refractivity contribution in [1.29, 1.82) is 0 Å². The Morgan fingerprint density at radius 1 is 0.920 bits per heavy atom. The number of piperazine rings is 1. The van der Waals surface area contributed by atoms with E-state index >= 15 is 0 Å². The van der Waals surface area contributed by atoms with Crippen LogP contribution in [0.25, 0.3) is 5.57 Å². The molecule has 3 amide bonds. The maximum Gasteiger partial charge on any atom is 0.249 e. The molecule has 8 nitrogen and oxygen atoms in total. The second kappa shape index (κ2) is 17.9. The van der Waals surface area contributed by atoms with Gasteiger partial charge in [0.05, 0.1) is 17.7 Å². The molecule has 5 rings (SSSR count). The van der Waals surface area contributed by atoms with Crippen molar-refractivity contribution in [2.45, 2.75) is 77.4 Å². The van der Waals surface area contributed by atoms with E-state index < -0.39 is 6.04 Å². The molecule has 3 aromatic carbocycles. The van der Waals surface area contributed by atoms with E-state index in [2.05, 4.69) is 40.2 Å². The van der Waals surface area contributed by atoms with Crippen LogP contribution in [0.1, 0.15) is 63.1 Å². The molecule has 3 atom stereocenters. The van der Waals surface area contributed by atoms with E-state index in [1.165, 1.54) is 12.5 Å². The van der Waals surface area contributed by atoms with Crippen molar-refractivity contribution >= 4 is 46.5 Å². The van der Waals surface area contributed by atoms with E-state index in [0.29, 0.717) is 55.4 Å². The van der Waals surface area contributed by atoms with E-state index in [1.807, 2.05) is 67.3 Å². The number of carbonyl (C=O) groups excluding carboxylic acids is 3. The number of nitrogens with one attached hydrogen (secondary N) is 3. The molecule has 10 heteroatoms. The highest BCUT2D eigenvalue weighted by molar-refractivity contribution is 6.32. The SMILES string of the molecule is CC(=O)N[C@H](CC(C)C)C(=O)N1C[C@@H]2CC(c3ccc(CCCOc4ccccc4Cl)cc3)=C(C(=O)NCCCc3ccccc3Cl)[C@H](C1)N2.